The summed E-state index contributed by atoms with van der Waals surface area (Å²) in [4.78, 5) is 97.6. The number of fused-ring (bicyclic) bond motifs is 5. The number of amides is 3. The van der Waals surface area contributed by atoms with Crippen LogP contribution < -0.4 is 10.6 Å². The molecule has 0 unspecified atom stereocenters. The molecule has 20 rings (SSSR count). The monoisotopic (exact) mass is 2110 g/mol. The summed E-state index contributed by atoms with van der Waals surface area (Å²) in [7, 11) is -4.26. The number of esters is 3. The smallest absolute Gasteiger partial charge is 0.461 e. The lowest BCUT2D eigenvalue weighted by Crippen LogP contribution is -2.41. The maximum Gasteiger partial charge on any atom is 0.497 e. The first-order valence-corrected chi connectivity index (χ1v) is 51.8. The summed E-state index contributed by atoms with van der Waals surface area (Å²) >= 11 is 14.8. The first-order chi connectivity index (χ1) is 65.6. The Balaban J connectivity index is 0.000000127. The van der Waals surface area contributed by atoms with E-state index in [1.165, 1.54) is 68.4 Å². The van der Waals surface area contributed by atoms with Gasteiger partial charge in [-0.15, -0.1) is 34.0 Å². The molecule has 0 atom stereocenters. The number of thiazole rings is 3. The fourth-order valence-electron chi connectivity index (χ4n) is 16.7. The van der Waals surface area contributed by atoms with Crippen LogP contribution in [0.1, 0.15) is 156 Å². The number of carbonyl (C=O) groups is 6. The van der Waals surface area contributed by atoms with Crippen LogP contribution in [0.4, 0.5) is 0 Å². The zero-order valence-electron chi connectivity index (χ0n) is 76.6. The lowest BCUT2D eigenvalue weighted by molar-refractivity contribution is 0.00578. The number of ether oxygens (including phenoxy) is 8. The Hall–Kier alpha value is -9.82. The van der Waals surface area contributed by atoms with Crippen molar-refractivity contribution in [3.63, 3.8) is 0 Å². The fourth-order valence-corrected chi connectivity index (χ4v) is 21.1. The molecular formula is C98H106BBr3N12O18S4. The standard InChI is InChI=1S/C26H28N4O5S2.C25H32BN3O5S.C19H18BrN3O4S.2C14H14BrNO2/c1-2-35-25(31)23-17-36-26(28-23)30-16-20(13-18-3-6-21(7-4-18)37(27,32)33)22-14-19(5-8-24(22)30)15-29-9-11-34-12-10-29;1-6-32-22(30)20-16-35-23(27-20)29-15-19(26-33-24(2,3)25(4,5)34-26)18-13-17(7-8-21(18)29)14-28-9-11-31-12-10-28;1-2-27-18(25)15-11-28-19(21-15)23-10-14(20)13-9-12(3-4-16(13)23)17(24)22-5-7-26-8-6-22;2*15-13-4-3-10-1-2-11(9-12(10)13)14(17)16-5-7-18-8-6-16/h3-8,14,16-17H,2,9-13,15H2,1H3,(H2,27,32,33);7-8,13,15-16H,6,9-12,14H2,1-5H3;3-4,9-11H,2,5-8H2,1H3;2*1-2,4,9H,3,5-8H2. The van der Waals surface area contributed by atoms with E-state index in [0.717, 1.165) is 164 Å². The Morgan fingerprint density at radius 2 is 0.801 bits per heavy atom. The van der Waals surface area contributed by atoms with Crippen LogP contribution in [-0.4, -0.2) is 267 Å². The number of hydrogen-bond donors (Lipinski definition) is 1. The van der Waals surface area contributed by atoms with Gasteiger partial charge in [-0.05, 0) is 207 Å². The average Bonchev–Trinajstić information content (AvgIpc) is 1.57. The van der Waals surface area contributed by atoms with E-state index in [1.54, 1.807) is 49.0 Å². The Kier molecular flexibility index (Phi) is 32.5. The van der Waals surface area contributed by atoms with Gasteiger partial charge in [0.05, 0.1) is 119 Å². The number of nitrogens with two attached hydrogens (primary N) is 1. The molecule has 6 fully saturated rings. The lowest BCUT2D eigenvalue weighted by Gasteiger charge is -2.32. The van der Waals surface area contributed by atoms with E-state index < -0.39 is 46.3 Å². The minimum Gasteiger partial charge on any atom is -0.461 e. The molecule has 2 N–H and O–H groups in total. The normalized spacial score (nSPS) is 17.0. The number of allylic oxidation sites excluding steroid dienone is 2. The number of nitrogens with zero attached hydrogens (tertiary/aromatic N) is 11. The summed E-state index contributed by atoms with van der Waals surface area (Å²) in [5, 5.41) is 15.5. The number of rotatable bonds is 20. The third-order valence-electron chi connectivity index (χ3n) is 24.7. The first-order valence-electron chi connectivity index (χ1n) is 45.2. The van der Waals surface area contributed by atoms with Gasteiger partial charge in [-0.3, -0.25) is 37.9 Å². The van der Waals surface area contributed by atoms with Crippen LogP contribution in [0.3, 0.4) is 0 Å². The molecular weight excluding hydrogens is 2010 g/mol. The van der Waals surface area contributed by atoms with Gasteiger partial charge in [-0.1, -0.05) is 80.4 Å². The van der Waals surface area contributed by atoms with Crippen molar-refractivity contribution in [2.75, 3.05) is 151 Å². The summed E-state index contributed by atoms with van der Waals surface area (Å²) in [6.07, 6.45) is 12.7. The molecule has 8 aliphatic rings. The highest BCUT2D eigenvalue weighted by molar-refractivity contribution is 9.15. The van der Waals surface area contributed by atoms with Crippen molar-refractivity contribution >= 4 is 182 Å². The molecule has 0 spiro atoms. The number of sulfonamides is 1. The summed E-state index contributed by atoms with van der Waals surface area (Å²) in [5.74, 6) is -1.07. The van der Waals surface area contributed by atoms with Crippen molar-refractivity contribution in [3.05, 3.63) is 245 Å². The van der Waals surface area contributed by atoms with E-state index in [9.17, 15) is 37.2 Å². The molecule has 0 radical (unpaired) electrons. The van der Waals surface area contributed by atoms with E-state index in [0.29, 0.717) is 137 Å². The Morgan fingerprint density at radius 3 is 1.22 bits per heavy atom. The molecule has 6 saturated heterocycles. The molecule has 6 aromatic heterocycles. The van der Waals surface area contributed by atoms with Gasteiger partial charge in [0.2, 0.25) is 10.0 Å². The van der Waals surface area contributed by atoms with E-state index in [-0.39, 0.29) is 28.3 Å². The number of benzene rings is 6. The molecule has 3 amide bonds. The first kappa shape index (κ1) is 99.2. The summed E-state index contributed by atoms with van der Waals surface area (Å²) in [6.45, 7) is 30.5. The van der Waals surface area contributed by atoms with E-state index in [2.05, 4.69) is 149 Å². The van der Waals surface area contributed by atoms with Gasteiger partial charge in [0, 0.05) is 165 Å². The van der Waals surface area contributed by atoms with E-state index in [1.807, 2.05) is 102 Å². The number of hydrogen-bond acceptors (Lipinski definition) is 26. The van der Waals surface area contributed by atoms with E-state index in [4.69, 9.17) is 52.3 Å². The second-order valence-corrected chi connectivity index (χ2v) is 40.8. The molecule has 30 nitrogen and oxygen atoms in total. The predicted molar refractivity (Wildman–Crippen MR) is 535 cm³/mol. The zero-order chi connectivity index (χ0) is 95.5. The zero-order valence-corrected chi connectivity index (χ0v) is 84.6. The van der Waals surface area contributed by atoms with Crippen LogP contribution in [0.5, 0.6) is 0 Å². The quantitative estimate of drug-likeness (QED) is 0.0421. The third-order valence-corrected chi connectivity index (χ3v) is 30.3. The van der Waals surface area contributed by atoms with Crippen molar-refractivity contribution in [2.45, 2.75) is 96.9 Å². The SMILES string of the molecule is CCOC(=O)c1csc(-n2cc(B3OC(C)(C)C(C)(C)O3)c3cc(CN4CCOCC4)ccc32)n1.CCOC(=O)c1csc(-n2cc(Br)c3cc(C(=O)N4CCOCC4)ccc32)n1.CCOC(=O)c1csc(-n2cc(Cc3ccc(S(N)(=O)=O)cc3)c3cc(CN4CCOCC4)ccc32)n1.O=C(c1ccc2c(c1)C(Br)=CC2)N1CCOCC1.O=C(c1ccc2c(c1)C(Br)=CC2)N1CCOCC1. The predicted octanol–water partition coefficient (Wildman–Crippen LogP) is 15.1. The van der Waals surface area contributed by atoms with Crippen LogP contribution in [0.25, 0.3) is 57.1 Å². The van der Waals surface area contributed by atoms with Gasteiger partial charge in [0.25, 0.3) is 17.7 Å². The van der Waals surface area contributed by atoms with Crippen LogP contribution in [-0.2, 0) is 89.6 Å². The van der Waals surface area contributed by atoms with Crippen molar-refractivity contribution < 1.29 is 84.4 Å². The second kappa shape index (κ2) is 44.5. The van der Waals surface area contributed by atoms with Gasteiger partial charge >= 0.3 is 25.0 Å². The number of carbonyl (C=O) groups excluding carboxylic acids is 6. The number of halogens is 3. The molecule has 6 aliphatic heterocycles. The highest BCUT2D eigenvalue weighted by Crippen LogP contribution is 2.41. The summed E-state index contributed by atoms with van der Waals surface area (Å²) < 4.78 is 87.2. The molecule has 0 bridgehead atoms. The van der Waals surface area contributed by atoms with Crippen LogP contribution in [0, 0.1) is 0 Å². The van der Waals surface area contributed by atoms with Crippen molar-refractivity contribution in [1.29, 1.82) is 0 Å². The van der Waals surface area contributed by atoms with Gasteiger partial charge in [0.1, 0.15) is 0 Å². The number of primary sulfonamides is 1. The Morgan fingerprint density at radius 1 is 0.441 bits per heavy atom. The number of aromatic nitrogens is 6. The molecule has 136 heavy (non-hydrogen) atoms. The van der Waals surface area contributed by atoms with Crippen LogP contribution in [0.15, 0.2) is 172 Å². The minimum absolute atomic E-state index is 0.00342. The molecule has 6 aromatic carbocycles. The average molecular weight is 2120 g/mol. The maximum absolute atomic E-state index is 12.8. The van der Waals surface area contributed by atoms with Crippen molar-refractivity contribution in [3.8, 4) is 15.4 Å². The third kappa shape index (κ3) is 23.3. The molecule has 38 heteroatoms. The van der Waals surface area contributed by atoms with Crippen LogP contribution in [0.2, 0.25) is 0 Å². The van der Waals surface area contributed by atoms with E-state index >= 15 is 0 Å². The fraction of sp³-hybridized carbons (Fsp3) is 0.378. The minimum atomic E-state index is -3.75. The van der Waals surface area contributed by atoms with Crippen molar-refractivity contribution in [1.82, 2.24) is 53.2 Å². The van der Waals surface area contributed by atoms with Crippen molar-refractivity contribution in [2.24, 2.45) is 5.14 Å². The topological polar surface area (TPSA) is 325 Å². The summed E-state index contributed by atoms with van der Waals surface area (Å²) in [5.41, 5.74) is 15.3. The molecule has 12 heterocycles. The van der Waals surface area contributed by atoms with Crippen LogP contribution >= 0.6 is 81.8 Å². The largest absolute Gasteiger partial charge is 0.497 e. The van der Waals surface area contributed by atoms with Gasteiger partial charge in [0.15, 0.2) is 32.5 Å². The van der Waals surface area contributed by atoms with Gasteiger partial charge in [-0.25, -0.2) is 42.9 Å². The molecule has 0 saturated carbocycles. The summed E-state index contributed by atoms with van der Waals surface area (Å²) in [6, 6.07) is 37.1. The molecule has 714 valence electrons. The maximum atomic E-state index is 12.8. The Bertz CT molecular complexity index is 6470. The van der Waals surface area contributed by atoms with Gasteiger partial charge in [-0.2, -0.15) is 0 Å². The lowest BCUT2D eigenvalue weighted by atomic mass is 9.79. The van der Waals surface area contributed by atoms with Gasteiger partial charge < -0.3 is 61.9 Å². The Labute approximate surface area is 826 Å². The highest BCUT2D eigenvalue weighted by Gasteiger charge is 2.53. The highest BCUT2D eigenvalue weighted by atomic mass is 79.9. The second-order valence-electron chi connectivity index (χ2n) is 34.2. The number of morpholine rings is 5. The molecule has 12 aromatic rings. The molecule has 2 aliphatic carbocycles.